The van der Waals surface area contributed by atoms with E-state index in [9.17, 15) is 35.9 Å². The van der Waals surface area contributed by atoms with E-state index in [0.717, 1.165) is 23.4 Å². The fourth-order valence-electron chi connectivity index (χ4n) is 4.47. The average Bonchev–Trinajstić information content (AvgIpc) is 2.84. The maximum Gasteiger partial charge on any atom is 0.434 e. The second kappa shape index (κ2) is 11.5. The number of alkyl halides is 3. The van der Waals surface area contributed by atoms with Gasteiger partial charge < -0.3 is 19.8 Å². The molecule has 1 aliphatic heterocycles. The van der Waals surface area contributed by atoms with Crippen LogP contribution in [0.3, 0.4) is 0 Å². The predicted octanol–water partition coefficient (Wildman–Crippen LogP) is 3.62. The minimum atomic E-state index is -4.93. The van der Waals surface area contributed by atoms with E-state index in [1.807, 2.05) is 18.7 Å². The van der Waals surface area contributed by atoms with E-state index in [1.165, 1.54) is 33.0 Å². The molecule has 14 heteroatoms. The molecular weight excluding hydrogens is 554 g/mol. The molecule has 1 N–H and O–H groups in total. The van der Waals surface area contributed by atoms with Crippen molar-refractivity contribution in [1.82, 2.24) is 14.9 Å². The lowest BCUT2D eigenvalue weighted by atomic mass is 9.99. The predicted molar refractivity (Wildman–Crippen MR) is 143 cm³/mol. The van der Waals surface area contributed by atoms with Crippen LogP contribution in [0.1, 0.15) is 50.2 Å². The number of aromatic nitrogens is 2. The monoisotopic (exact) mass is 589 g/mol. The van der Waals surface area contributed by atoms with Gasteiger partial charge in [0.05, 0.1) is 17.2 Å². The van der Waals surface area contributed by atoms with Crippen LogP contribution in [0.15, 0.2) is 29.3 Å². The molecule has 1 aromatic carbocycles. The molecule has 1 aliphatic rings. The molecule has 0 radical (unpaired) electrons. The van der Waals surface area contributed by atoms with Crippen molar-refractivity contribution in [3.8, 4) is 0 Å². The quantitative estimate of drug-likeness (QED) is 0.466. The molecule has 1 atom stereocenters. The topological polar surface area (TPSA) is 107 Å². The van der Waals surface area contributed by atoms with Crippen LogP contribution in [0.25, 0.3) is 0 Å². The fraction of sp³-hybridized carbons (Fsp3) is 0.577. The van der Waals surface area contributed by atoms with E-state index < -0.39 is 49.5 Å². The van der Waals surface area contributed by atoms with Gasteiger partial charge in [-0.15, -0.1) is 0 Å². The molecule has 1 saturated heterocycles. The molecule has 1 fully saturated rings. The van der Waals surface area contributed by atoms with Crippen molar-refractivity contribution in [2.24, 2.45) is 5.92 Å². The van der Waals surface area contributed by atoms with E-state index in [-0.39, 0.29) is 50.5 Å². The summed E-state index contributed by atoms with van der Waals surface area (Å²) in [7, 11) is -2.46. The second-order valence-corrected chi connectivity index (χ2v) is 13.0. The zero-order valence-electron chi connectivity index (χ0n) is 23.3. The molecule has 2 heterocycles. The fourth-order valence-corrected chi connectivity index (χ4v) is 5.23. The third-order valence-corrected chi connectivity index (χ3v) is 7.92. The number of carbonyl (C=O) groups is 1. The van der Waals surface area contributed by atoms with Gasteiger partial charge >= 0.3 is 6.18 Å². The highest BCUT2D eigenvalue weighted by molar-refractivity contribution is 7.90. The average molecular weight is 590 g/mol. The lowest BCUT2D eigenvalue weighted by molar-refractivity contribution is -0.141. The number of hydrogen-bond acceptors (Lipinski definition) is 8. The number of rotatable bonds is 8. The zero-order chi connectivity index (χ0) is 30.2. The Balaban J connectivity index is 1.92. The number of anilines is 2. The number of sulfone groups is 1. The van der Waals surface area contributed by atoms with Gasteiger partial charge in [0.25, 0.3) is 5.91 Å². The number of amides is 1. The Labute approximate surface area is 231 Å². The van der Waals surface area contributed by atoms with Crippen LogP contribution < -0.4 is 9.80 Å². The molecule has 3 rings (SSSR count). The highest BCUT2D eigenvalue weighted by atomic mass is 32.2. The number of halogens is 4. The van der Waals surface area contributed by atoms with E-state index in [0.29, 0.717) is 5.69 Å². The summed E-state index contributed by atoms with van der Waals surface area (Å²) in [5.74, 6) is -2.03. The number of carbonyl (C=O) groups excluding carboxylic acids is 1. The lowest BCUT2D eigenvalue weighted by Crippen LogP contribution is -2.56. The molecule has 40 heavy (non-hydrogen) atoms. The lowest BCUT2D eigenvalue weighted by Gasteiger charge is -2.44. The van der Waals surface area contributed by atoms with Crippen molar-refractivity contribution >= 4 is 27.4 Å². The largest absolute Gasteiger partial charge is 0.434 e. The van der Waals surface area contributed by atoms with Gasteiger partial charge in [0, 0.05) is 51.4 Å². The summed E-state index contributed by atoms with van der Waals surface area (Å²) >= 11 is 0. The molecule has 1 unspecified atom stereocenters. The van der Waals surface area contributed by atoms with Gasteiger partial charge in [0.15, 0.2) is 15.5 Å². The van der Waals surface area contributed by atoms with Crippen LogP contribution in [0, 0.1) is 11.7 Å². The van der Waals surface area contributed by atoms with E-state index in [1.54, 1.807) is 4.90 Å². The summed E-state index contributed by atoms with van der Waals surface area (Å²) in [6.07, 6.45) is -2.96. The summed E-state index contributed by atoms with van der Waals surface area (Å²) in [6.45, 7) is 7.64. The molecule has 1 amide bonds. The molecule has 222 valence electrons. The summed E-state index contributed by atoms with van der Waals surface area (Å²) in [5, 5.41) is 9.91. The number of aliphatic hydroxyl groups is 1. The first kappa shape index (κ1) is 31.5. The van der Waals surface area contributed by atoms with Crippen LogP contribution in [-0.2, 0) is 16.0 Å². The summed E-state index contributed by atoms with van der Waals surface area (Å²) < 4.78 is 80.4. The zero-order valence-corrected chi connectivity index (χ0v) is 24.1. The minimum absolute atomic E-state index is 0.0309. The van der Waals surface area contributed by atoms with E-state index in [2.05, 4.69) is 9.97 Å². The molecule has 9 nitrogen and oxygen atoms in total. The van der Waals surface area contributed by atoms with Gasteiger partial charge in [-0.2, -0.15) is 13.2 Å². The highest BCUT2D eigenvalue weighted by Gasteiger charge is 2.40. The molecule has 0 aliphatic carbocycles. The molecule has 0 spiro atoms. The number of piperazine rings is 1. The highest BCUT2D eigenvalue weighted by Crippen LogP contribution is 2.34. The summed E-state index contributed by atoms with van der Waals surface area (Å²) in [5.41, 5.74) is -2.66. The molecule has 1 aromatic heterocycles. The van der Waals surface area contributed by atoms with Crippen molar-refractivity contribution in [3.63, 3.8) is 0 Å². The van der Waals surface area contributed by atoms with Crippen molar-refractivity contribution in [2.45, 2.75) is 56.8 Å². The Hall–Kier alpha value is -3.00. The Morgan fingerprint density at radius 3 is 2.42 bits per heavy atom. The minimum Gasteiger partial charge on any atom is -0.390 e. The first-order valence-electron chi connectivity index (χ1n) is 12.7. The van der Waals surface area contributed by atoms with Crippen LogP contribution in [0.4, 0.5) is 29.2 Å². The Kier molecular flexibility index (Phi) is 9.04. The normalized spacial score (nSPS) is 16.9. The third-order valence-electron chi connectivity index (χ3n) is 6.81. The van der Waals surface area contributed by atoms with E-state index >= 15 is 0 Å². The molecule has 2 aromatic rings. The van der Waals surface area contributed by atoms with Crippen LogP contribution in [0.2, 0.25) is 0 Å². The second-order valence-electron chi connectivity index (χ2n) is 11.1. The van der Waals surface area contributed by atoms with Crippen molar-refractivity contribution in [3.05, 3.63) is 41.5 Å². The molecule has 0 bridgehead atoms. The van der Waals surface area contributed by atoms with Crippen molar-refractivity contribution < 1.29 is 35.9 Å². The standard InChI is InChI=1S/C26H35F4N5O4S/c1-16(2)20-15-34(17-7-8-19(27)21(13-17)40(6,38)39)11-12-35(20)24-31-14-18(22(32-24)26(28,29)30)23(36)33(5)10-9-25(3,4)37/h7-8,13-14,16,20,37H,9-12,15H2,1-6H3. The first-order chi connectivity index (χ1) is 18.3. The Morgan fingerprint density at radius 1 is 1.23 bits per heavy atom. The number of benzene rings is 1. The van der Waals surface area contributed by atoms with Crippen LogP contribution in [-0.4, -0.2) is 85.4 Å². The molecule has 0 saturated carbocycles. The van der Waals surface area contributed by atoms with Gasteiger partial charge in [-0.25, -0.2) is 22.8 Å². The summed E-state index contributed by atoms with van der Waals surface area (Å²) in [4.78, 5) is 25.0. The number of nitrogens with zero attached hydrogens (tertiary/aromatic N) is 5. The van der Waals surface area contributed by atoms with Crippen molar-refractivity contribution in [2.75, 3.05) is 49.3 Å². The Bertz CT molecular complexity index is 1350. The van der Waals surface area contributed by atoms with Gasteiger partial charge in [-0.3, -0.25) is 4.79 Å². The van der Waals surface area contributed by atoms with Crippen LogP contribution in [0.5, 0.6) is 0 Å². The van der Waals surface area contributed by atoms with Gasteiger partial charge in [-0.05, 0) is 44.4 Å². The first-order valence-corrected chi connectivity index (χ1v) is 14.6. The third kappa shape index (κ3) is 7.39. The SMILES string of the molecule is CC(C)C1CN(c2ccc(F)c(S(C)(=O)=O)c2)CCN1c1ncc(C(=O)N(C)CCC(C)(C)O)c(C(F)(F)F)n1. The molecular formula is C26H35F4N5O4S. The number of hydrogen-bond donors (Lipinski definition) is 1. The van der Waals surface area contributed by atoms with Gasteiger partial charge in [0.2, 0.25) is 5.95 Å². The van der Waals surface area contributed by atoms with E-state index in [4.69, 9.17) is 0 Å². The van der Waals surface area contributed by atoms with Crippen LogP contribution >= 0.6 is 0 Å². The Morgan fingerprint density at radius 2 is 1.88 bits per heavy atom. The maximum atomic E-state index is 14.1. The maximum absolute atomic E-state index is 14.1. The van der Waals surface area contributed by atoms with Crippen molar-refractivity contribution in [1.29, 1.82) is 0 Å². The van der Waals surface area contributed by atoms with Gasteiger partial charge in [-0.1, -0.05) is 13.8 Å². The van der Waals surface area contributed by atoms with Gasteiger partial charge in [0.1, 0.15) is 10.7 Å². The summed E-state index contributed by atoms with van der Waals surface area (Å²) in [6, 6.07) is 3.42. The smallest absolute Gasteiger partial charge is 0.390 e.